The van der Waals surface area contributed by atoms with Gasteiger partial charge >= 0.3 is 6.18 Å². The molecule has 0 aromatic carbocycles. The number of rotatable bonds is 3. The number of alkyl halides is 3. The number of hydrogen-bond donors (Lipinski definition) is 0. The molecule has 0 amide bonds. The Kier molecular flexibility index (Phi) is 3.69. The normalized spacial score (nSPS) is 12.2. The first kappa shape index (κ1) is 13.8. The van der Waals surface area contributed by atoms with Crippen LogP contribution in [-0.4, -0.2) is 16.5 Å². The minimum atomic E-state index is -4.80. The molecule has 2 nitrogen and oxygen atoms in total. The largest absolute Gasteiger partial charge is 0.454 e. The molecule has 0 unspecified atom stereocenters. The number of hydrogen-bond acceptors (Lipinski definition) is 1. The standard InChI is InChI=1S/C12H16F3NO/c1-7(2)6-16-8(3)5-10(9(16)4)11(17)12(13,14)15/h5,7H,6H2,1-4H3. The summed E-state index contributed by atoms with van der Waals surface area (Å²) in [6, 6.07) is 1.31. The molecule has 0 radical (unpaired) electrons. The van der Waals surface area contributed by atoms with Gasteiger partial charge in [-0.05, 0) is 25.8 Å². The Bertz CT molecular complexity index is 430. The summed E-state index contributed by atoms with van der Waals surface area (Å²) in [5, 5.41) is 0. The smallest absolute Gasteiger partial charge is 0.348 e. The topological polar surface area (TPSA) is 22.0 Å². The number of aromatic nitrogens is 1. The van der Waals surface area contributed by atoms with Gasteiger partial charge in [0.15, 0.2) is 0 Å². The molecule has 0 saturated heterocycles. The maximum absolute atomic E-state index is 12.4. The first-order valence-corrected chi connectivity index (χ1v) is 5.42. The number of aryl methyl sites for hydroxylation is 1. The van der Waals surface area contributed by atoms with Gasteiger partial charge in [-0.15, -0.1) is 0 Å². The van der Waals surface area contributed by atoms with Crippen LogP contribution < -0.4 is 0 Å². The van der Waals surface area contributed by atoms with Crippen molar-refractivity contribution in [2.75, 3.05) is 0 Å². The van der Waals surface area contributed by atoms with Gasteiger partial charge in [0.1, 0.15) is 0 Å². The van der Waals surface area contributed by atoms with Crippen molar-refractivity contribution in [1.82, 2.24) is 4.57 Å². The third-order valence-corrected chi connectivity index (χ3v) is 2.62. The van der Waals surface area contributed by atoms with E-state index in [0.29, 0.717) is 23.9 Å². The molecule has 1 rings (SSSR count). The van der Waals surface area contributed by atoms with Gasteiger partial charge in [0.05, 0.1) is 0 Å². The van der Waals surface area contributed by atoms with Crippen LogP contribution in [0.2, 0.25) is 0 Å². The molecular weight excluding hydrogens is 231 g/mol. The molecule has 96 valence electrons. The predicted molar refractivity (Wildman–Crippen MR) is 59.1 cm³/mol. The second-order valence-electron chi connectivity index (χ2n) is 4.62. The molecule has 0 bridgehead atoms. The number of Topliss-reactive ketones (excluding diaryl/α,β-unsaturated/α-hetero) is 1. The fourth-order valence-corrected chi connectivity index (χ4v) is 1.83. The lowest BCUT2D eigenvalue weighted by molar-refractivity contribution is -0.0885. The Morgan fingerprint density at radius 3 is 2.29 bits per heavy atom. The van der Waals surface area contributed by atoms with Crippen LogP contribution in [0.4, 0.5) is 13.2 Å². The predicted octanol–water partition coefficient (Wildman–Crippen LogP) is 3.51. The van der Waals surface area contributed by atoms with E-state index in [1.165, 1.54) is 6.07 Å². The zero-order valence-electron chi connectivity index (χ0n) is 10.4. The van der Waals surface area contributed by atoms with Crippen LogP contribution in [0.15, 0.2) is 6.07 Å². The molecule has 0 spiro atoms. The summed E-state index contributed by atoms with van der Waals surface area (Å²) < 4.78 is 38.8. The highest BCUT2D eigenvalue weighted by Gasteiger charge is 2.40. The maximum atomic E-state index is 12.4. The van der Waals surface area contributed by atoms with Gasteiger partial charge in [-0.3, -0.25) is 4.79 Å². The fraction of sp³-hybridized carbons (Fsp3) is 0.583. The van der Waals surface area contributed by atoms with Crippen molar-refractivity contribution in [2.24, 2.45) is 5.92 Å². The minimum Gasteiger partial charge on any atom is -0.348 e. The average molecular weight is 247 g/mol. The van der Waals surface area contributed by atoms with E-state index >= 15 is 0 Å². The third kappa shape index (κ3) is 2.90. The van der Waals surface area contributed by atoms with E-state index < -0.39 is 12.0 Å². The Labute approximate surface area is 98.4 Å². The summed E-state index contributed by atoms with van der Waals surface area (Å²) in [5.74, 6) is -1.45. The SMILES string of the molecule is Cc1cc(C(=O)C(F)(F)F)c(C)n1CC(C)C. The summed E-state index contributed by atoms with van der Waals surface area (Å²) in [6.45, 7) is 7.83. The quantitative estimate of drug-likeness (QED) is 0.749. The number of halogens is 3. The Morgan fingerprint density at radius 1 is 1.35 bits per heavy atom. The third-order valence-electron chi connectivity index (χ3n) is 2.62. The maximum Gasteiger partial charge on any atom is 0.454 e. The summed E-state index contributed by atoms with van der Waals surface area (Å²) in [7, 11) is 0. The lowest BCUT2D eigenvalue weighted by atomic mass is 10.1. The van der Waals surface area contributed by atoms with Crippen LogP contribution in [0.5, 0.6) is 0 Å². The molecule has 17 heavy (non-hydrogen) atoms. The van der Waals surface area contributed by atoms with E-state index in [0.717, 1.165) is 0 Å². The summed E-state index contributed by atoms with van der Waals surface area (Å²) >= 11 is 0. The number of nitrogens with zero attached hydrogens (tertiary/aromatic N) is 1. The van der Waals surface area contributed by atoms with Crippen molar-refractivity contribution < 1.29 is 18.0 Å². The lowest BCUT2D eigenvalue weighted by Gasteiger charge is -2.12. The molecule has 0 aliphatic rings. The monoisotopic (exact) mass is 247 g/mol. The fourth-order valence-electron chi connectivity index (χ4n) is 1.83. The van der Waals surface area contributed by atoms with Gasteiger partial charge in [0, 0.05) is 23.5 Å². The highest BCUT2D eigenvalue weighted by molar-refractivity contribution is 6.01. The second-order valence-corrected chi connectivity index (χ2v) is 4.62. The average Bonchev–Trinajstić information content (AvgIpc) is 2.42. The van der Waals surface area contributed by atoms with Crippen LogP contribution >= 0.6 is 0 Å². The van der Waals surface area contributed by atoms with Gasteiger partial charge in [-0.25, -0.2) is 0 Å². The molecular formula is C12H16F3NO. The van der Waals surface area contributed by atoms with Crippen molar-refractivity contribution in [3.8, 4) is 0 Å². The van der Waals surface area contributed by atoms with E-state index in [-0.39, 0.29) is 5.56 Å². The molecule has 0 fully saturated rings. The van der Waals surface area contributed by atoms with Crippen LogP contribution in [0.1, 0.15) is 35.6 Å². The van der Waals surface area contributed by atoms with Crippen LogP contribution in [0.25, 0.3) is 0 Å². The molecule has 1 heterocycles. The van der Waals surface area contributed by atoms with Crippen LogP contribution in [0.3, 0.4) is 0 Å². The zero-order chi connectivity index (χ0) is 13.4. The molecule has 0 N–H and O–H groups in total. The van der Waals surface area contributed by atoms with Crippen molar-refractivity contribution in [2.45, 2.75) is 40.4 Å². The molecule has 0 aliphatic carbocycles. The molecule has 1 aromatic rings. The number of carbonyl (C=O) groups excluding carboxylic acids is 1. The minimum absolute atomic E-state index is 0.240. The summed E-state index contributed by atoms with van der Waals surface area (Å²) in [5.41, 5.74) is 0.831. The van der Waals surface area contributed by atoms with Crippen molar-refractivity contribution in [1.29, 1.82) is 0 Å². The Balaban J connectivity index is 3.17. The van der Waals surface area contributed by atoms with Crippen LogP contribution in [-0.2, 0) is 6.54 Å². The Morgan fingerprint density at radius 2 is 1.88 bits per heavy atom. The molecule has 1 aromatic heterocycles. The number of ketones is 1. The van der Waals surface area contributed by atoms with Gasteiger partial charge in [-0.1, -0.05) is 13.8 Å². The highest BCUT2D eigenvalue weighted by Crippen LogP contribution is 2.26. The van der Waals surface area contributed by atoms with E-state index in [1.54, 1.807) is 18.4 Å². The molecule has 5 heteroatoms. The van der Waals surface area contributed by atoms with Gasteiger partial charge in [-0.2, -0.15) is 13.2 Å². The summed E-state index contributed by atoms with van der Waals surface area (Å²) in [4.78, 5) is 11.2. The second kappa shape index (κ2) is 4.55. The van der Waals surface area contributed by atoms with E-state index in [4.69, 9.17) is 0 Å². The van der Waals surface area contributed by atoms with Crippen LogP contribution in [0, 0.1) is 19.8 Å². The van der Waals surface area contributed by atoms with Gasteiger partial charge in [0.25, 0.3) is 5.78 Å². The molecule has 0 saturated carbocycles. The van der Waals surface area contributed by atoms with E-state index in [1.807, 2.05) is 13.8 Å². The van der Waals surface area contributed by atoms with Gasteiger partial charge in [0.2, 0.25) is 0 Å². The first-order chi connectivity index (χ1) is 7.64. The zero-order valence-corrected chi connectivity index (χ0v) is 10.4. The first-order valence-electron chi connectivity index (χ1n) is 5.42. The molecule has 0 aliphatic heterocycles. The number of carbonyl (C=O) groups is 1. The summed E-state index contributed by atoms with van der Waals surface area (Å²) in [6.07, 6.45) is -4.80. The van der Waals surface area contributed by atoms with Crippen molar-refractivity contribution >= 4 is 5.78 Å². The molecule has 0 atom stereocenters. The van der Waals surface area contributed by atoms with E-state index in [2.05, 4.69) is 0 Å². The van der Waals surface area contributed by atoms with Gasteiger partial charge < -0.3 is 4.57 Å². The van der Waals surface area contributed by atoms with E-state index in [9.17, 15) is 18.0 Å². The van der Waals surface area contributed by atoms with Crippen molar-refractivity contribution in [3.63, 3.8) is 0 Å². The Hall–Kier alpha value is -1.26. The van der Waals surface area contributed by atoms with Crippen molar-refractivity contribution in [3.05, 3.63) is 23.0 Å². The highest BCUT2D eigenvalue weighted by atomic mass is 19.4. The lowest BCUT2D eigenvalue weighted by Crippen LogP contribution is -2.23.